The molecule has 1 saturated heterocycles. The Kier molecular flexibility index (Phi) is 6.50. The van der Waals surface area contributed by atoms with Crippen LogP contribution in [0.25, 0.3) is 0 Å². The van der Waals surface area contributed by atoms with Gasteiger partial charge in [0.15, 0.2) is 0 Å². The van der Waals surface area contributed by atoms with E-state index in [1.165, 1.54) is 0 Å². The van der Waals surface area contributed by atoms with Crippen LogP contribution in [-0.2, 0) is 16.0 Å². The van der Waals surface area contributed by atoms with Crippen LogP contribution in [0.3, 0.4) is 0 Å². The zero-order chi connectivity index (χ0) is 14.9. The molecule has 1 unspecified atom stereocenters. The van der Waals surface area contributed by atoms with Gasteiger partial charge in [-0.15, -0.1) is 0 Å². The maximum atomic E-state index is 11.7. The standard InChI is InChI=1S/C16H24N2O3/c1-20-15-7-3-2-5-13(15)8-9-17-12-16(19)18-11-14-6-4-10-21-14/h2-3,5,7,14,17H,4,6,8-12H2,1H3,(H,18,19). The van der Waals surface area contributed by atoms with Crippen LogP contribution >= 0.6 is 0 Å². The number of carbonyl (C=O) groups excluding carboxylic acids is 1. The van der Waals surface area contributed by atoms with Gasteiger partial charge in [0.2, 0.25) is 5.91 Å². The normalized spacial score (nSPS) is 17.7. The molecule has 116 valence electrons. The number of carbonyl (C=O) groups is 1. The summed E-state index contributed by atoms with van der Waals surface area (Å²) in [4.78, 5) is 11.7. The van der Waals surface area contributed by atoms with Crippen molar-refractivity contribution < 1.29 is 14.3 Å². The highest BCUT2D eigenvalue weighted by Crippen LogP contribution is 2.17. The van der Waals surface area contributed by atoms with Crippen LogP contribution in [0.15, 0.2) is 24.3 Å². The first-order chi connectivity index (χ1) is 10.3. The third-order valence-electron chi connectivity index (χ3n) is 3.60. The lowest BCUT2D eigenvalue weighted by Gasteiger charge is -2.11. The third-order valence-corrected chi connectivity index (χ3v) is 3.60. The molecule has 0 aliphatic carbocycles. The van der Waals surface area contributed by atoms with Crippen LogP contribution in [0.1, 0.15) is 18.4 Å². The first-order valence-corrected chi connectivity index (χ1v) is 7.50. The summed E-state index contributed by atoms with van der Waals surface area (Å²) in [5, 5.41) is 6.05. The summed E-state index contributed by atoms with van der Waals surface area (Å²) in [6.45, 7) is 2.51. The minimum Gasteiger partial charge on any atom is -0.496 e. The van der Waals surface area contributed by atoms with Gasteiger partial charge in [-0.3, -0.25) is 4.79 Å². The molecule has 1 aromatic carbocycles. The first-order valence-electron chi connectivity index (χ1n) is 7.50. The average molecular weight is 292 g/mol. The third kappa shape index (κ3) is 5.36. The fourth-order valence-corrected chi connectivity index (χ4v) is 2.43. The minimum absolute atomic E-state index is 0.0190. The fourth-order valence-electron chi connectivity index (χ4n) is 2.43. The smallest absolute Gasteiger partial charge is 0.234 e. The number of amides is 1. The molecular formula is C16H24N2O3. The molecule has 1 atom stereocenters. The van der Waals surface area contributed by atoms with Gasteiger partial charge in [-0.25, -0.2) is 0 Å². The number of rotatable bonds is 8. The quantitative estimate of drug-likeness (QED) is 0.705. The Morgan fingerprint density at radius 2 is 2.29 bits per heavy atom. The first kappa shape index (κ1) is 15.8. The van der Waals surface area contributed by atoms with Crippen molar-refractivity contribution in [3.63, 3.8) is 0 Å². The van der Waals surface area contributed by atoms with Gasteiger partial charge < -0.3 is 20.1 Å². The Morgan fingerprint density at radius 3 is 3.05 bits per heavy atom. The molecule has 1 aliphatic heterocycles. The molecule has 1 amide bonds. The van der Waals surface area contributed by atoms with Gasteiger partial charge in [-0.2, -0.15) is 0 Å². The number of ether oxygens (including phenoxy) is 2. The summed E-state index contributed by atoms with van der Waals surface area (Å²) in [7, 11) is 1.67. The Balaban J connectivity index is 1.59. The number of benzene rings is 1. The monoisotopic (exact) mass is 292 g/mol. The molecule has 0 saturated carbocycles. The molecule has 5 nitrogen and oxygen atoms in total. The van der Waals surface area contributed by atoms with E-state index in [4.69, 9.17) is 9.47 Å². The highest BCUT2D eigenvalue weighted by Gasteiger charge is 2.15. The Morgan fingerprint density at radius 1 is 1.43 bits per heavy atom. The highest BCUT2D eigenvalue weighted by molar-refractivity contribution is 5.77. The number of hydrogen-bond donors (Lipinski definition) is 2. The molecule has 5 heteroatoms. The SMILES string of the molecule is COc1ccccc1CCNCC(=O)NCC1CCCO1. The lowest BCUT2D eigenvalue weighted by molar-refractivity contribution is -0.120. The highest BCUT2D eigenvalue weighted by atomic mass is 16.5. The second-order valence-corrected chi connectivity index (χ2v) is 5.18. The summed E-state index contributed by atoms with van der Waals surface area (Å²) >= 11 is 0. The van der Waals surface area contributed by atoms with E-state index in [1.807, 2.05) is 24.3 Å². The maximum Gasteiger partial charge on any atom is 0.234 e. The number of nitrogens with one attached hydrogen (secondary N) is 2. The van der Waals surface area contributed by atoms with Crippen LogP contribution < -0.4 is 15.4 Å². The second-order valence-electron chi connectivity index (χ2n) is 5.18. The zero-order valence-corrected chi connectivity index (χ0v) is 12.6. The number of methoxy groups -OCH3 is 1. The molecule has 0 radical (unpaired) electrons. The van der Waals surface area contributed by atoms with Crippen molar-refractivity contribution in [2.75, 3.05) is 33.4 Å². The number of hydrogen-bond acceptors (Lipinski definition) is 4. The van der Waals surface area contributed by atoms with Crippen LogP contribution in [0.4, 0.5) is 0 Å². The Labute approximate surface area is 126 Å². The van der Waals surface area contributed by atoms with Crippen molar-refractivity contribution in [3.8, 4) is 5.75 Å². The molecule has 0 aromatic heterocycles. The maximum absolute atomic E-state index is 11.7. The van der Waals surface area contributed by atoms with E-state index < -0.39 is 0 Å². The van der Waals surface area contributed by atoms with Crippen molar-refractivity contribution in [1.29, 1.82) is 0 Å². The summed E-state index contributed by atoms with van der Waals surface area (Å²) in [5.41, 5.74) is 1.15. The van der Waals surface area contributed by atoms with Gasteiger partial charge in [-0.05, 0) is 37.4 Å². The average Bonchev–Trinajstić information content (AvgIpc) is 3.03. The topological polar surface area (TPSA) is 59.6 Å². The van der Waals surface area contributed by atoms with E-state index in [9.17, 15) is 4.79 Å². The van der Waals surface area contributed by atoms with Gasteiger partial charge >= 0.3 is 0 Å². The predicted octanol–water partition coefficient (Wildman–Crippen LogP) is 1.12. The lowest BCUT2D eigenvalue weighted by atomic mass is 10.1. The van der Waals surface area contributed by atoms with E-state index in [1.54, 1.807) is 7.11 Å². The van der Waals surface area contributed by atoms with E-state index in [0.29, 0.717) is 13.1 Å². The van der Waals surface area contributed by atoms with Crippen LogP contribution in [0, 0.1) is 0 Å². The molecule has 1 aliphatic rings. The zero-order valence-electron chi connectivity index (χ0n) is 12.6. The van der Waals surface area contributed by atoms with E-state index in [2.05, 4.69) is 10.6 Å². The van der Waals surface area contributed by atoms with Crippen molar-refractivity contribution in [1.82, 2.24) is 10.6 Å². The van der Waals surface area contributed by atoms with Gasteiger partial charge in [0.25, 0.3) is 0 Å². The molecule has 1 fully saturated rings. The van der Waals surface area contributed by atoms with E-state index in [0.717, 1.165) is 43.7 Å². The second kappa shape index (κ2) is 8.64. The summed E-state index contributed by atoms with van der Waals surface area (Å²) in [5.74, 6) is 0.910. The molecule has 0 bridgehead atoms. The molecule has 0 spiro atoms. The van der Waals surface area contributed by atoms with Gasteiger partial charge in [-0.1, -0.05) is 18.2 Å². The molecule has 2 rings (SSSR count). The fraction of sp³-hybridized carbons (Fsp3) is 0.562. The van der Waals surface area contributed by atoms with Gasteiger partial charge in [0.1, 0.15) is 5.75 Å². The molecule has 2 N–H and O–H groups in total. The Bertz CT molecular complexity index is 445. The largest absolute Gasteiger partial charge is 0.496 e. The van der Waals surface area contributed by atoms with Crippen molar-refractivity contribution in [2.45, 2.75) is 25.4 Å². The van der Waals surface area contributed by atoms with Crippen molar-refractivity contribution in [3.05, 3.63) is 29.8 Å². The van der Waals surface area contributed by atoms with Crippen LogP contribution in [-0.4, -0.2) is 45.4 Å². The van der Waals surface area contributed by atoms with Crippen molar-refractivity contribution >= 4 is 5.91 Å². The molecule has 1 heterocycles. The molecular weight excluding hydrogens is 268 g/mol. The minimum atomic E-state index is 0.0190. The molecule has 21 heavy (non-hydrogen) atoms. The van der Waals surface area contributed by atoms with Gasteiger partial charge in [0, 0.05) is 13.2 Å². The summed E-state index contributed by atoms with van der Waals surface area (Å²) in [6, 6.07) is 7.93. The lowest BCUT2D eigenvalue weighted by Crippen LogP contribution is -2.38. The van der Waals surface area contributed by atoms with Crippen molar-refractivity contribution in [2.24, 2.45) is 0 Å². The number of para-hydroxylation sites is 1. The summed E-state index contributed by atoms with van der Waals surface area (Å²) < 4.78 is 10.8. The van der Waals surface area contributed by atoms with E-state index >= 15 is 0 Å². The van der Waals surface area contributed by atoms with Crippen LogP contribution in [0.2, 0.25) is 0 Å². The van der Waals surface area contributed by atoms with Crippen LogP contribution in [0.5, 0.6) is 5.75 Å². The van der Waals surface area contributed by atoms with E-state index in [-0.39, 0.29) is 12.0 Å². The Hall–Kier alpha value is -1.59. The summed E-state index contributed by atoms with van der Waals surface area (Å²) in [6.07, 6.45) is 3.17. The predicted molar refractivity (Wildman–Crippen MR) is 81.6 cm³/mol. The molecule has 1 aromatic rings. The van der Waals surface area contributed by atoms with Gasteiger partial charge in [0.05, 0.1) is 19.8 Å².